The van der Waals surface area contributed by atoms with Crippen LogP contribution >= 0.6 is 0 Å². The van der Waals surface area contributed by atoms with Crippen molar-refractivity contribution in [3.05, 3.63) is 90.0 Å². The predicted octanol–water partition coefficient (Wildman–Crippen LogP) is 3.10. The van der Waals surface area contributed by atoms with Crippen molar-refractivity contribution in [2.45, 2.75) is 38.1 Å². The Bertz CT molecular complexity index is 820. The molecule has 4 rings (SSSR count). The van der Waals surface area contributed by atoms with Gasteiger partial charge in [-0.05, 0) is 11.1 Å². The second-order valence-corrected chi connectivity index (χ2v) is 6.48. The predicted molar refractivity (Wildman–Crippen MR) is 97.2 cm³/mol. The Morgan fingerprint density at radius 2 is 1.54 bits per heavy atom. The zero-order chi connectivity index (χ0) is 17.8. The van der Waals surface area contributed by atoms with Crippen molar-refractivity contribution in [3.63, 3.8) is 0 Å². The van der Waals surface area contributed by atoms with Gasteiger partial charge in [0.1, 0.15) is 24.1 Å². The van der Waals surface area contributed by atoms with E-state index in [4.69, 9.17) is 9.47 Å². The van der Waals surface area contributed by atoms with Gasteiger partial charge in [0, 0.05) is 12.4 Å². The fourth-order valence-electron chi connectivity index (χ4n) is 3.28. The molecule has 2 heterocycles. The first-order valence-electron chi connectivity index (χ1n) is 8.81. The number of aromatic nitrogens is 2. The first-order chi connectivity index (χ1) is 12.8. The lowest BCUT2D eigenvalue weighted by molar-refractivity contribution is -0.152. The third kappa shape index (κ3) is 3.70. The van der Waals surface area contributed by atoms with Crippen LogP contribution in [0.5, 0.6) is 0 Å². The van der Waals surface area contributed by atoms with Crippen LogP contribution < -0.4 is 0 Å². The molecule has 5 nitrogen and oxygen atoms in total. The zero-order valence-corrected chi connectivity index (χ0v) is 14.4. The summed E-state index contributed by atoms with van der Waals surface area (Å²) in [6.07, 6.45) is 2.07. The molecule has 2 aromatic carbocycles. The lowest BCUT2D eigenvalue weighted by Crippen LogP contribution is -2.44. The van der Waals surface area contributed by atoms with Gasteiger partial charge in [-0.15, -0.1) is 0 Å². The van der Waals surface area contributed by atoms with E-state index < -0.39 is 18.3 Å². The molecule has 3 aromatic rings. The Balaban J connectivity index is 1.51. The van der Waals surface area contributed by atoms with Crippen molar-refractivity contribution in [2.24, 2.45) is 0 Å². The molecule has 0 saturated heterocycles. The SMILES string of the molecule is O[C@H]1Cn2ccnc2[C@H](OCc2ccccc2)[C@H]1OCc1ccccc1. The van der Waals surface area contributed by atoms with Crippen LogP contribution in [0.2, 0.25) is 0 Å². The number of hydrogen-bond donors (Lipinski definition) is 1. The van der Waals surface area contributed by atoms with Gasteiger partial charge in [-0.3, -0.25) is 0 Å². The molecule has 0 bridgehead atoms. The number of nitrogens with zero attached hydrogens (tertiary/aromatic N) is 2. The Morgan fingerprint density at radius 3 is 2.19 bits per heavy atom. The number of hydrogen-bond acceptors (Lipinski definition) is 4. The maximum Gasteiger partial charge on any atom is 0.144 e. The molecule has 1 aliphatic rings. The molecular weight excluding hydrogens is 328 g/mol. The first-order valence-corrected chi connectivity index (χ1v) is 8.81. The molecule has 0 saturated carbocycles. The lowest BCUT2D eigenvalue weighted by atomic mass is 10.0. The minimum atomic E-state index is -0.652. The van der Waals surface area contributed by atoms with Crippen molar-refractivity contribution in [1.82, 2.24) is 9.55 Å². The molecule has 0 aliphatic carbocycles. The molecular formula is C21H22N2O3. The van der Waals surface area contributed by atoms with Gasteiger partial charge < -0.3 is 19.1 Å². The molecule has 1 N–H and O–H groups in total. The van der Waals surface area contributed by atoms with Crippen molar-refractivity contribution in [1.29, 1.82) is 0 Å². The van der Waals surface area contributed by atoms with Crippen molar-refractivity contribution < 1.29 is 14.6 Å². The van der Waals surface area contributed by atoms with E-state index in [1.807, 2.05) is 71.4 Å². The maximum atomic E-state index is 10.6. The van der Waals surface area contributed by atoms with Crippen LogP contribution in [0.25, 0.3) is 0 Å². The Labute approximate surface area is 152 Å². The highest BCUT2D eigenvalue weighted by Crippen LogP contribution is 2.31. The van der Waals surface area contributed by atoms with E-state index in [1.54, 1.807) is 6.20 Å². The van der Waals surface area contributed by atoms with Gasteiger partial charge in [-0.1, -0.05) is 60.7 Å². The summed E-state index contributed by atoms with van der Waals surface area (Å²) in [4.78, 5) is 4.44. The molecule has 0 unspecified atom stereocenters. The summed E-state index contributed by atoms with van der Waals surface area (Å²) >= 11 is 0. The van der Waals surface area contributed by atoms with Crippen molar-refractivity contribution >= 4 is 0 Å². The van der Waals surface area contributed by atoms with Gasteiger partial charge in [0.25, 0.3) is 0 Å². The first kappa shape index (κ1) is 17.0. The van der Waals surface area contributed by atoms with Gasteiger partial charge in [0.2, 0.25) is 0 Å². The van der Waals surface area contributed by atoms with Gasteiger partial charge in [-0.25, -0.2) is 4.98 Å². The molecule has 26 heavy (non-hydrogen) atoms. The van der Waals surface area contributed by atoms with E-state index in [1.165, 1.54) is 0 Å². The molecule has 5 heteroatoms. The maximum absolute atomic E-state index is 10.6. The fourth-order valence-corrected chi connectivity index (χ4v) is 3.28. The third-order valence-electron chi connectivity index (χ3n) is 4.62. The van der Waals surface area contributed by atoms with Crippen LogP contribution in [0.15, 0.2) is 73.1 Å². The summed E-state index contributed by atoms with van der Waals surface area (Å²) in [5.74, 6) is 0.796. The number of benzene rings is 2. The van der Waals surface area contributed by atoms with Crippen LogP contribution in [0.3, 0.4) is 0 Å². The second-order valence-electron chi connectivity index (χ2n) is 6.48. The summed E-state index contributed by atoms with van der Waals surface area (Å²) in [7, 11) is 0. The largest absolute Gasteiger partial charge is 0.388 e. The van der Waals surface area contributed by atoms with Crippen molar-refractivity contribution in [2.75, 3.05) is 0 Å². The number of aliphatic hydroxyl groups is 1. The highest BCUT2D eigenvalue weighted by atomic mass is 16.5. The topological polar surface area (TPSA) is 56.5 Å². The van der Waals surface area contributed by atoms with E-state index in [2.05, 4.69) is 4.98 Å². The normalized spacial score (nSPS) is 22.1. The smallest absolute Gasteiger partial charge is 0.144 e. The molecule has 1 aliphatic heterocycles. The Hall–Kier alpha value is -2.47. The lowest BCUT2D eigenvalue weighted by Gasteiger charge is -2.35. The van der Waals surface area contributed by atoms with Gasteiger partial charge in [0.15, 0.2) is 0 Å². The van der Waals surface area contributed by atoms with E-state index in [-0.39, 0.29) is 0 Å². The molecule has 134 valence electrons. The minimum Gasteiger partial charge on any atom is -0.388 e. The summed E-state index contributed by atoms with van der Waals surface area (Å²) in [5, 5.41) is 10.6. The summed E-state index contributed by atoms with van der Waals surface area (Å²) in [6.45, 7) is 1.32. The monoisotopic (exact) mass is 350 g/mol. The van der Waals surface area contributed by atoms with Crippen molar-refractivity contribution in [3.8, 4) is 0 Å². The molecule has 3 atom stereocenters. The van der Waals surface area contributed by atoms with E-state index >= 15 is 0 Å². The standard InChI is InChI=1S/C21H22N2O3/c24-18-13-23-12-11-22-21(23)20(26-15-17-9-5-2-6-10-17)19(18)25-14-16-7-3-1-4-8-16/h1-12,18-20,24H,13-15H2/t18-,19-,20+/m0/s1. The van der Waals surface area contributed by atoms with Crippen LogP contribution in [0.1, 0.15) is 23.1 Å². The number of rotatable bonds is 6. The average Bonchev–Trinajstić information content (AvgIpc) is 3.14. The number of imidazole rings is 1. The van der Waals surface area contributed by atoms with E-state index in [9.17, 15) is 5.11 Å². The minimum absolute atomic E-state index is 0.419. The van der Waals surface area contributed by atoms with E-state index in [0.29, 0.717) is 19.8 Å². The Morgan fingerprint density at radius 1 is 0.923 bits per heavy atom. The van der Waals surface area contributed by atoms with Gasteiger partial charge >= 0.3 is 0 Å². The average molecular weight is 350 g/mol. The molecule has 0 spiro atoms. The van der Waals surface area contributed by atoms with Crippen LogP contribution in [-0.4, -0.2) is 26.9 Å². The number of aliphatic hydroxyl groups excluding tert-OH is 1. The van der Waals surface area contributed by atoms with Crippen LogP contribution in [0, 0.1) is 0 Å². The summed E-state index contributed by atoms with van der Waals surface area (Å²) in [6, 6.07) is 19.9. The van der Waals surface area contributed by atoms with E-state index in [0.717, 1.165) is 17.0 Å². The fraction of sp³-hybridized carbons (Fsp3) is 0.286. The molecule has 0 fully saturated rings. The van der Waals surface area contributed by atoms with Gasteiger partial charge in [0.05, 0.1) is 19.8 Å². The summed E-state index contributed by atoms with van der Waals surface area (Å²) in [5.41, 5.74) is 2.14. The molecule has 0 radical (unpaired) electrons. The highest BCUT2D eigenvalue weighted by Gasteiger charge is 2.38. The quantitative estimate of drug-likeness (QED) is 0.742. The summed E-state index contributed by atoms with van der Waals surface area (Å²) < 4.78 is 14.2. The van der Waals surface area contributed by atoms with Crippen LogP contribution in [-0.2, 0) is 29.2 Å². The number of fused-ring (bicyclic) bond motifs is 1. The Kier molecular flexibility index (Phi) is 5.11. The third-order valence-corrected chi connectivity index (χ3v) is 4.62. The number of ether oxygens (including phenoxy) is 2. The van der Waals surface area contributed by atoms with Gasteiger partial charge in [-0.2, -0.15) is 0 Å². The second kappa shape index (κ2) is 7.83. The molecule has 1 aromatic heterocycles. The molecule has 0 amide bonds. The zero-order valence-electron chi connectivity index (χ0n) is 14.4. The van der Waals surface area contributed by atoms with Crippen LogP contribution in [0.4, 0.5) is 0 Å². The highest BCUT2D eigenvalue weighted by molar-refractivity contribution is 5.15.